The quantitative estimate of drug-likeness (QED) is 0.743. The molecule has 0 aromatic carbocycles. The minimum absolute atomic E-state index is 0.185. The van der Waals surface area contributed by atoms with Crippen LogP contribution in [0.1, 0.15) is 32.8 Å². The fourth-order valence-electron chi connectivity index (χ4n) is 1.76. The third-order valence-electron chi connectivity index (χ3n) is 3.13. The van der Waals surface area contributed by atoms with Crippen LogP contribution in [0.2, 0.25) is 0 Å². The molecule has 15 heavy (non-hydrogen) atoms. The Morgan fingerprint density at radius 2 is 1.87 bits per heavy atom. The molecule has 0 fully saturated rings. The zero-order valence-electron chi connectivity index (χ0n) is 9.49. The first-order valence-electron chi connectivity index (χ1n) is 5.35. The average Bonchev–Trinajstić information content (AvgIpc) is 2.28. The van der Waals surface area contributed by atoms with Crippen LogP contribution in [0.3, 0.4) is 0 Å². The standard InChI is InChI=1S/C13H16N2/c1-4-13(2,3)11-7-9-15-12-10(11)6-5-8-14-12/h5-9H,4H2,1-3H3. The van der Waals surface area contributed by atoms with Crippen molar-refractivity contribution in [2.24, 2.45) is 0 Å². The number of fused-ring (bicyclic) bond motifs is 1. The van der Waals surface area contributed by atoms with Crippen molar-refractivity contribution in [3.8, 4) is 0 Å². The van der Waals surface area contributed by atoms with Crippen molar-refractivity contribution in [2.75, 3.05) is 0 Å². The summed E-state index contributed by atoms with van der Waals surface area (Å²) >= 11 is 0. The molecule has 0 atom stereocenters. The molecule has 2 aromatic heterocycles. The van der Waals surface area contributed by atoms with Gasteiger partial charge in [-0.25, -0.2) is 9.97 Å². The molecule has 0 aliphatic carbocycles. The van der Waals surface area contributed by atoms with Crippen LogP contribution in [-0.4, -0.2) is 9.97 Å². The van der Waals surface area contributed by atoms with Crippen molar-refractivity contribution in [1.82, 2.24) is 9.97 Å². The molecule has 2 aromatic rings. The maximum Gasteiger partial charge on any atom is 0.159 e. The molecule has 0 N–H and O–H groups in total. The van der Waals surface area contributed by atoms with E-state index < -0.39 is 0 Å². The molecular formula is C13H16N2. The molecule has 0 saturated carbocycles. The molecule has 2 heteroatoms. The molecule has 78 valence electrons. The lowest BCUT2D eigenvalue weighted by Gasteiger charge is -2.24. The summed E-state index contributed by atoms with van der Waals surface area (Å²) in [6, 6.07) is 6.18. The Kier molecular flexibility index (Phi) is 2.43. The van der Waals surface area contributed by atoms with Crippen molar-refractivity contribution in [3.05, 3.63) is 36.2 Å². The molecule has 0 bridgehead atoms. The molecule has 0 aliphatic heterocycles. The minimum atomic E-state index is 0.185. The van der Waals surface area contributed by atoms with Crippen molar-refractivity contribution in [3.63, 3.8) is 0 Å². The van der Waals surface area contributed by atoms with Gasteiger partial charge in [0.25, 0.3) is 0 Å². The average molecular weight is 200 g/mol. The molecule has 0 unspecified atom stereocenters. The Morgan fingerprint density at radius 3 is 2.60 bits per heavy atom. The number of hydrogen-bond acceptors (Lipinski definition) is 2. The zero-order chi connectivity index (χ0) is 10.9. The Labute approximate surface area is 90.4 Å². The maximum absolute atomic E-state index is 4.28. The first-order valence-corrected chi connectivity index (χ1v) is 5.35. The van der Waals surface area contributed by atoms with Crippen LogP contribution >= 0.6 is 0 Å². The third-order valence-corrected chi connectivity index (χ3v) is 3.13. The minimum Gasteiger partial charge on any atom is -0.237 e. The largest absolute Gasteiger partial charge is 0.237 e. The van der Waals surface area contributed by atoms with E-state index >= 15 is 0 Å². The topological polar surface area (TPSA) is 25.8 Å². The second-order valence-corrected chi connectivity index (χ2v) is 4.47. The maximum atomic E-state index is 4.28. The zero-order valence-corrected chi connectivity index (χ0v) is 9.49. The van der Waals surface area contributed by atoms with Gasteiger partial charge in [0.2, 0.25) is 0 Å². The van der Waals surface area contributed by atoms with E-state index in [9.17, 15) is 0 Å². The SMILES string of the molecule is CCC(C)(C)c1ccnc2ncccc12. The highest BCUT2D eigenvalue weighted by Crippen LogP contribution is 2.30. The van der Waals surface area contributed by atoms with Gasteiger partial charge in [-0.1, -0.05) is 20.8 Å². The summed E-state index contributed by atoms with van der Waals surface area (Å²) in [4.78, 5) is 8.56. The summed E-state index contributed by atoms with van der Waals surface area (Å²) in [5.41, 5.74) is 2.36. The van der Waals surface area contributed by atoms with Gasteiger partial charge in [-0.05, 0) is 35.6 Å². The van der Waals surface area contributed by atoms with Gasteiger partial charge in [-0.15, -0.1) is 0 Å². The van der Waals surface area contributed by atoms with Gasteiger partial charge in [0.15, 0.2) is 5.65 Å². The molecule has 0 saturated heterocycles. The number of pyridine rings is 2. The molecule has 2 heterocycles. The predicted molar refractivity (Wildman–Crippen MR) is 62.9 cm³/mol. The van der Waals surface area contributed by atoms with Crippen LogP contribution in [0.15, 0.2) is 30.6 Å². The lowest BCUT2D eigenvalue weighted by atomic mass is 9.81. The smallest absolute Gasteiger partial charge is 0.159 e. The van der Waals surface area contributed by atoms with Crippen molar-refractivity contribution >= 4 is 11.0 Å². The fourth-order valence-corrected chi connectivity index (χ4v) is 1.76. The summed E-state index contributed by atoms with van der Waals surface area (Å²) in [6.45, 7) is 6.73. The van der Waals surface area contributed by atoms with E-state index in [2.05, 4.69) is 42.9 Å². The van der Waals surface area contributed by atoms with E-state index in [4.69, 9.17) is 0 Å². The predicted octanol–water partition coefficient (Wildman–Crippen LogP) is 3.32. The van der Waals surface area contributed by atoms with Crippen molar-refractivity contribution in [1.29, 1.82) is 0 Å². The highest BCUT2D eigenvalue weighted by molar-refractivity contribution is 5.79. The van der Waals surface area contributed by atoms with E-state index in [1.54, 1.807) is 6.20 Å². The summed E-state index contributed by atoms with van der Waals surface area (Å²) < 4.78 is 0. The third kappa shape index (κ3) is 1.72. The van der Waals surface area contributed by atoms with E-state index in [1.807, 2.05) is 12.3 Å². The van der Waals surface area contributed by atoms with Gasteiger partial charge in [-0.3, -0.25) is 0 Å². The Hall–Kier alpha value is -1.44. The Morgan fingerprint density at radius 1 is 1.13 bits per heavy atom. The van der Waals surface area contributed by atoms with Crippen molar-refractivity contribution in [2.45, 2.75) is 32.6 Å². The Balaban J connectivity index is 2.71. The lowest BCUT2D eigenvalue weighted by molar-refractivity contribution is 0.510. The molecule has 0 radical (unpaired) electrons. The van der Waals surface area contributed by atoms with Crippen LogP contribution in [0.4, 0.5) is 0 Å². The molecular weight excluding hydrogens is 184 g/mol. The van der Waals surface area contributed by atoms with E-state index in [-0.39, 0.29) is 5.41 Å². The van der Waals surface area contributed by atoms with E-state index in [1.165, 1.54) is 10.9 Å². The van der Waals surface area contributed by atoms with Crippen LogP contribution in [-0.2, 0) is 5.41 Å². The van der Waals surface area contributed by atoms with Gasteiger partial charge in [0.1, 0.15) is 0 Å². The Bertz CT molecular complexity index is 469. The van der Waals surface area contributed by atoms with Gasteiger partial charge >= 0.3 is 0 Å². The number of rotatable bonds is 2. The van der Waals surface area contributed by atoms with Crippen molar-refractivity contribution < 1.29 is 0 Å². The van der Waals surface area contributed by atoms with Gasteiger partial charge in [0.05, 0.1) is 0 Å². The highest BCUT2D eigenvalue weighted by atomic mass is 14.8. The monoisotopic (exact) mass is 200 g/mol. The molecule has 2 rings (SSSR count). The molecule has 0 amide bonds. The lowest BCUT2D eigenvalue weighted by Crippen LogP contribution is -2.16. The van der Waals surface area contributed by atoms with Gasteiger partial charge in [0, 0.05) is 17.8 Å². The van der Waals surface area contributed by atoms with E-state index in [0.29, 0.717) is 0 Å². The van der Waals surface area contributed by atoms with Crippen LogP contribution < -0.4 is 0 Å². The summed E-state index contributed by atoms with van der Waals surface area (Å²) in [7, 11) is 0. The number of aromatic nitrogens is 2. The summed E-state index contributed by atoms with van der Waals surface area (Å²) in [5.74, 6) is 0. The summed E-state index contributed by atoms with van der Waals surface area (Å²) in [6.07, 6.45) is 4.75. The van der Waals surface area contributed by atoms with E-state index in [0.717, 1.165) is 12.1 Å². The molecule has 0 aliphatic rings. The number of hydrogen-bond donors (Lipinski definition) is 0. The van der Waals surface area contributed by atoms with Gasteiger partial charge < -0.3 is 0 Å². The van der Waals surface area contributed by atoms with Crippen LogP contribution in [0.25, 0.3) is 11.0 Å². The molecule has 0 spiro atoms. The van der Waals surface area contributed by atoms with Crippen LogP contribution in [0.5, 0.6) is 0 Å². The first-order chi connectivity index (χ1) is 7.15. The molecule has 2 nitrogen and oxygen atoms in total. The normalized spacial score (nSPS) is 11.9. The van der Waals surface area contributed by atoms with Gasteiger partial charge in [-0.2, -0.15) is 0 Å². The highest BCUT2D eigenvalue weighted by Gasteiger charge is 2.20. The summed E-state index contributed by atoms with van der Waals surface area (Å²) in [5, 5.41) is 1.17. The fraction of sp³-hybridized carbons (Fsp3) is 0.385. The number of nitrogens with zero attached hydrogens (tertiary/aromatic N) is 2. The first kappa shape index (κ1) is 10.1. The second kappa shape index (κ2) is 3.61. The second-order valence-electron chi connectivity index (χ2n) is 4.47. The van der Waals surface area contributed by atoms with Crippen LogP contribution in [0, 0.1) is 0 Å².